The summed E-state index contributed by atoms with van der Waals surface area (Å²) in [7, 11) is 0. The van der Waals surface area contributed by atoms with E-state index in [0.717, 1.165) is 9.92 Å². The van der Waals surface area contributed by atoms with Gasteiger partial charge in [0.2, 0.25) is 0 Å². The van der Waals surface area contributed by atoms with E-state index in [1.54, 1.807) is 19.2 Å². The maximum atomic E-state index is 13.1. The minimum atomic E-state index is -0.697. The monoisotopic (exact) mass is 249 g/mol. The van der Waals surface area contributed by atoms with Gasteiger partial charge in [-0.1, -0.05) is 17.8 Å². The molecule has 88 valence electrons. The summed E-state index contributed by atoms with van der Waals surface area (Å²) in [5, 5.41) is 10.4. The van der Waals surface area contributed by atoms with Crippen LogP contribution in [0.1, 0.15) is 18.6 Å². The van der Waals surface area contributed by atoms with Crippen LogP contribution in [-0.4, -0.2) is 10.1 Å². The van der Waals surface area contributed by atoms with Crippen molar-refractivity contribution in [1.82, 2.24) is 4.98 Å². The van der Waals surface area contributed by atoms with Crippen molar-refractivity contribution in [2.45, 2.75) is 22.9 Å². The number of pyridine rings is 1. The highest BCUT2D eigenvalue weighted by Gasteiger charge is 2.10. The molecule has 0 saturated carbocycles. The zero-order chi connectivity index (χ0) is 12.3. The lowest BCUT2D eigenvalue weighted by Gasteiger charge is -2.11. The summed E-state index contributed by atoms with van der Waals surface area (Å²) in [5.41, 5.74) is 0.584. The summed E-state index contributed by atoms with van der Waals surface area (Å²) in [5.74, 6) is -0.341. The second-order valence-electron chi connectivity index (χ2n) is 3.63. The van der Waals surface area contributed by atoms with Crippen LogP contribution in [0.5, 0.6) is 0 Å². The average molecular weight is 249 g/mol. The summed E-state index contributed by atoms with van der Waals surface area (Å²) >= 11 is 1.41. The summed E-state index contributed by atoms with van der Waals surface area (Å²) in [4.78, 5) is 5.00. The van der Waals surface area contributed by atoms with Gasteiger partial charge in [0.15, 0.2) is 0 Å². The Bertz CT molecular complexity index is 502. The fourth-order valence-corrected chi connectivity index (χ4v) is 2.43. The van der Waals surface area contributed by atoms with Gasteiger partial charge in [-0.05, 0) is 42.8 Å². The first-order valence-electron chi connectivity index (χ1n) is 5.23. The van der Waals surface area contributed by atoms with E-state index in [2.05, 4.69) is 4.98 Å². The Morgan fingerprint density at radius 2 is 2.12 bits per heavy atom. The largest absolute Gasteiger partial charge is 0.389 e. The molecule has 2 aromatic rings. The molecule has 1 unspecified atom stereocenters. The van der Waals surface area contributed by atoms with Crippen LogP contribution in [0.2, 0.25) is 0 Å². The number of nitrogens with zero attached hydrogens (tertiary/aromatic N) is 1. The van der Waals surface area contributed by atoms with Gasteiger partial charge in [-0.2, -0.15) is 0 Å². The van der Waals surface area contributed by atoms with E-state index in [-0.39, 0.29) is 5.82 Å². The lowest BCUT2D eigenvalue weighted by atomic mass is 10.1. The topological polar surface area (TPSA) is 33.1 Å². The molecule has 1 heterocycles. The summed E-state index contributed by atoms with van der Waals surface area (Å²) < 4.78 is 13.1. The molecule has 0 aliphatic heterocycles. The molecule has 1 aromatic carbocycles. The molecule has 4 heteroatoms. The minimum Gasteiger partial charge on any atom is -0.389 e. The lowest BCUT2D eigenvalue weighted by Crippen LogP contribution is -1.95. The van der Waals surface area contributed by atoms with Crippen LogP contribution in [0, 0.1) is 5.82 Å². The van der Waals surface area contributed by atoms with Crippen molar-refractivity contribution >= 4 is 11.8 Å². The molecule has 0 aliphatic carbocycles. The average Bonchev–Trinajstić information content (AvgIpc) is 2.32. The van der Waals surface area contributed by atoms with E-state index in [9.17, 15) is 9.50 Å². The first kappa shape index (κ1) is 12.1. The van der Waals surface area contributed by atoms with Crippen LogP contribution in [0.25, 0.3) is 0 Å². The molecule has 1 N–H and O–H groups in total. The number of aliphatic hydroxyl groups excluding tert-OH is 1. The minimum absolute atomic E-state index is 0.341. The van der Waals surface area contributed by atoms with Gasteiger partial charge in [-0.25, -0.2) is 9.37 Å². The Balaban J connectivity index is 2.33. The number of aromatic nitrogens is 1. The maximum Gasteiger partial charge on any atom is 0.123 e. The Labute approximate surface area is 104 Å². The predicted octanol–water partition coefficient (Wildman–Crippen LogP) is 3.43. The van der Waals surface area contributed by atoms with Crippen LogP contribution >= 0.6 is 11.8 Å². The molecule has 0 radical (unpaired) electrons. The Hall–Kier alpha value is -1.39. The van der Waals surface area contributed by atoms with E-state index in [0.29, 0.717) is 5.56 Å². The number of halogens is 1. The van der Waals surface area contributed by atoms with Gasteiger partial charge in [-0.3, -0.25) is 0 Å². The molecule has 0 saturated heterocycles. The predicted molar refractivity (Wildman–Crippen MR) is 65.4 cm³/mol. The van der Waals surface area contributed by atoms with Crippen molar-refractivity contribution in [2.75, 3.05) is 0 Å². The van der Waals surface area contributed by atoms with Crippen molar-refractivity contribution in [1.29, 1.82) is 0 Å². The van der Waals surface area contributed by atoms with Crippen molar-refractivity contribution in [3.8, 4) is 0 Å². The van der Waals surface area contributed by atoms with Crippen molar-refractivity contribution in [2.24, 2.45) is 0 Å². The van der Waals surface area contributed by atoms with Gasteiger partial charge in [0, 0.05) is 11.1 Å². The molecule has 0 fully saturated rings. The molecule has 1 aromatic heterocycles. The fourth-order valence-electron chi connectivity index (χ4n) is 1.46. The highest BCUT2D eigenvalue weighted by molar-refractivity contribution is 7.99. The van der Waals surface area contributed by atoms with Crippen molar-refractivity contribution < 1.29 is 9.50 Å². The molecular formula is C13H12FNOS. The standard InChI is InChI=1S/C13H12FNOS/c1-9(16)11-8-10(14)5-6-12(11)17-13-4-2-3-7-15-13/h2-9,16H,1H3. The number of aliphatic hydroxyl groups is 1. The smallest absolute Gasteiger partial charge is 0.123 e. The van der Waals surface area contributed by atoms with Gasteiger partial charge in [0.05, 0.1) is 6.10 Å². The van der Waals surface area contributed by atoms with E-state index in [4.69, 9.17) is 0 Å². The second kappa shape index (κ2) is 5.29. The molecule has 0 aliphatic rings. The molecule has 17 heavy (non-hydrogen) atoms. The molecule has 2 nitrogen and oxygen atoms in total. The van der Waals surface area contributed by atoms with Crippen LogP contribution in [-0.2, 0) is 0 Å². The second-order valence-corrected chi connectivity index (χ2v) is 4.69. The van der Waals surface area contributed by atoms with Crippen molar-refractivity contribution in [3.05, 3.63) is 54.0 Å². The Kier molecular flexibility index (Phi) is 3.76. The zero-order valence-corrected chi connectivity index (χ0v) is 10.1. The van der Waals surface area contributed by atoms with Crippen LogP contribution in [0.15, 0.2) is 52.5 Å². The highest BCUT2D eigenvalue weighted by Crippen LogP contribution is 2.32. The van der Waals surface area contributed by atoms with E-state index >= 15 is 0 Å². The highest BCUT2D eigenvalue weighted by atomic mass is 32.2. The Morgan fingerprint density at radius 1 is 1.29 bits per heavy atom. The van der Waals surface area contributed by atoms with Gasteiger partial charge in [0.1, 0.15) is 10.8 Å². The molecular weight excluding hydrogens is 237 g/mol. The normalized spacial score (nSPS) is 12.4. The van der Waals surface area contributed by atoms with Crippen LogP contribution in [0.4, 0.5) is 4.39 Å². The van der Waals surface area contributed by atoms with Crippen LogP contribution < -0.4 is 0 Å². The molecule has 1 atom stereocenters. The first-order chi connectivity index (χ1) is 8.16. The zero-order valence-electron chi connectivity index (χ0n) is 9.30. The number of benzene rings is 1. The van der Waals surface area contributed by atoms with E-state index in [1.807, 2.05) is 18.2 Å². The molecule has 0 bridgehead atoms. The third-order valence-corrected chi connectivity index (χ3v) is 3.32. The van der Waals surface area contributed by atoms with Gasteiger partial charge < -0.3 is 5.11 Å². The summed E-state index contributed by atoms with van der Waals surface area (Å²) in [6.07, 6.45) is 1.00. The quantitative estimate of drug-likeness (QED) is 0.904. The van der Waals surface area contributed by atoms with Gasteiger partial charge in [0.25, 0.3) is 0 Å². The van der Waals surface area contributed by atoms with Gasteiger partial charge >= 0.3 is 0 Å². The van der Waals surface area contributed by atoms with E-state index < -0.39 is 6.10 Å². The lowest BCUT2D eigenvalue weighted by molar-refractivity contribution is 0.196. The third kappa shape index (κ3) is 3.05. The number of hydrogen-bond acceptors (Lipinski definition) is 3. The third-order valence-electron chi connectivity index (χ3n) is 2.27. The fraction of sp³-hybridized carbons (Fsp3) is 0.154. The summed E-state index contributed by atoms with van der Waals surface area (Å²) in [6, 6.07) is 10.0. The van der Waals surface area contributed by atoms with Crippen molar-refractivity contribution in [3.63, 3.8) is 0 Å². The van der Waals surface area contributed by atoms with Gasteiger partial charge in [-0.15, -0.1) is 0 Å². The molecule has 2 rings (SSSR count). The van der Waals surface area contributed by atoms with Crippen LogP contribution in [0.3, 0.4) is 0 Å². The first-order valence-corrected chi connectivity index (χ1v) is 6.05. The Morgan fingerprint density at radius 3 is 2.76 bits per heavy atom. The maximum absolute atomic E-state index is 13.1. The molecule has 0 spiro atoms. The number of rotatable bonds is 3. The summed E-state index contributed by atoms with van der Waals surface area (Å²) in [6.45, 7) is 1.62. The molecule has 0 amide bonds. The SMILES string of the molecule is CC(O)c1cc(F)ccc1Sc1ccccn1. The van der Waals surface area contributed by atoms with E-state index in [1.165, 1.54) is 23.9 Å². The number of hydrogen-bond donors (Lipinski definition) is 1.